The number of pyridine rings is 1. The topological polar surface area (TPSA) is 98.6 Å². The number of carboxylic acid groups (broad SMARTS) is 1. The second-order valence-corrected chi connectivity index (χ2v) is 8.34. The fourth-order valence-electron chi connectivity index (χ4n) is 4.38. The number of aromatic carboxylic acids is 1. The van der Waals surface area contributed by atoms with Crippen LogP contribution in [0, 0.1) is 5.82 Å². The summed E-state index contributed by atoms with van der Waals surface area (Å²) in [4.78, 5) is 29.1. The summed E-state index contributed by atoms with van der Waals surface area (Å²) in [5, 5.41) is 21.2. The van der Waals surface area contributed by atoms with Crippen molar-refractivity contribution in [1.82, 2.24) is 14.5 Å². The third-order valence-electron chi connectivity index (χ3n) is 6.30. The first-order valence-electron chi connectivity index (χ1n) is 10.6. The summed E-state index contributed by atoms with van der Waals surface area (Å²) in [7, 11) is 2.01. The molecule has 1 saturated heterocycles. The lowest BCUT2D eigenvalue weighted by Gasteiger charge is -2.30. The second-order valence-electron chi connectivity index (χ2n) is 8.34. The predicted molar refractivity (Wildman–Crippen MR) is 123 cm³/mol. The van der Waals surface area contributed by atoms with E-state index in [0.29, 0.717) is 11.1 Å². The Morgan fingerprint density at radius 3 is 2.42 bits per heavy atom. The molecule has 1 aliphatic heterocycles. The number of nitrogens with one attached hydrogen (secondary N) is 1. The molecular formula is C25H22FN3O4. The summed E-state index contributed by atoms with van der Waals surface area (Å²) >= 11 is 0. The van der Waals surface area contributed by atoms with Crippen LogP contribution in [0.15, 0.2) is 53.3 Å². The number of aromatic nitrogens is 2. The lowest BCUT2D eigenvalue weighted by atomic mass is 9.96. The molecule has 0 aliphatic carbocycles. The maximum atomic E-state index is 13.5. The number of aromatic amines is 1. The van der Waals surface area contributed by atoms with E-state index in [9.17, 15) is 24.2 Å². The molecule has 0 amide bonds. The molecular weight excluding hydrogens is 425 g/mol. The van der Waals surface area contributed by atoms with E-state index in [0.717, 1.165) is 36.2 Å². The van der Waals surface area contributed by atoms with Gasteiger partial charge in [0.05, 0.1) is 5.69 Å². The molecule has 168 valence electrons. The molecule has 8 heteroatoms. The Labute approximate surface area is 188 Å². The van der Waals surface area contributed by atoms with Gasteiger partial charge < -0.3 is 19.8 Å². The minimum absolute atomic E-state index is 0.128. The number of halogens is 1. The molecule has 1 fully saturated rings. The third-order valence-corrected chi connectivity index (χ3v) is 6.30. The summed E-state index contributed by atoms with van der Waals surface area (Å²) in [5.41, 5.74) is 1.90. The van der Waals surface area contributed by atoms with Crippen LogP contribution in [0.25, 0.3) is 33.3 Å². The largest absolute Gasteiger partial charge is 0.506 e. The summed E-state index contributed by atoms with van der Waals surface area (Å²) in [6.07, 6.45) is 1.21. The number of carbonyl (C=O) groups is 1. The van der Waals surface area contributed by atoms with E-state index in [1.807, 2.05) is 25.2 Å². The van der Waals surface area contributed by atoms with Crippen LogP contribution in [-0.2, 0) is 13.6 Å². The van der Waals surface area contributed by atoms with Crippen molar-refractivity contribution in [3.05, 3.63) is 76.0 Å². The Morgan fingerprint density at radius 1 is 1.09 bits per heavy atom. The van der Waals surface area contributed by atoms with Gasteiger partial charge in [-0.05, 0) is 61.0 Å². The molecule has 2 aromatic carbocycles. The van der Waals surface area contributed by atoms with Crippen molar-refractivity contribution in [2.45, 2.75) is 13.0 Å². The van der Waals surface area contributed by atoms with E-state index in [4.69, 9.17) is 0 Å². The quantitative estimate of drug-likeness (QED) is 0.430. The smallest absolute Gasteiger partial charge is 0.345 e. The predicted octanol–water partition coefficient (Wildman–Crippen LogP) is 3.95. The maximum absolute atomic E-state index is 13.5. The Hall–Kier alpha value is -3.91. The van der Waals surface area contributed by atoms with Gasteiger partial charge in [0.15, 0.2) is 5.56 Å². The Morgan fingerprint density at radius 2 is 1.79 bits per heavy atom. The number of carboxylic acids is 1. The molecule has 0 radical (unpaired) electrons. The molecule has 5 rings (SSSR count). The lowest BCUT2D eigenvalue weighted by Crippen LogP contribution is -2.36. The van der Waals surface area contributed by atoms with Crippen LogP contribution in [0.1, 0.15) is 22.5 Å². The van der Waals surface area contributed by atoms with Crippen LogP contribution < -0.4 is 5.56 Å². The minimum Gasteiger partial charge on any atom is -0.506 e. The number of benzene rings is 2. The van der Waals surface area contributed by atoms with Crippen molar-refractivity contribution in [3.8, 4) is 28.1 Å². The average Bonchev–Trinajstić information content (AvgIpc) is 3.06. The van der Waals surface area contributed by atoms with Crippen molar-refractivity contribution < 1.29 is 19.4 Å². The number of H-pyrrole nitrogens is 1. The van der Waals surface area contributed by atoms with Crippen LogP contribution in [-0.4, -0.2) is 43.7 Å². The summed E-state index contributed by atoms with van der Waals surface area (Å²) in [6.45, 7) is 3.03. The standard InChI is InChI=1S/C25H22FN3O4/c1-28-18(13-29-9-2-10-29)12-16-11-15(5-8-19(16)28)22-20(14-3-6-17(26)7-4-14)23(30)21(25(32)33)24(31)27-22/h3-8,11-12H,2,9-10,13H2,1H3,(H,32,33)(H2,27,30,31). The molecule has 0 unspecified atom stereocenters. The monoisotopic (exact) mass is 447 g/mol. The zero-order valence-corrected chi connectivity index (χ0v) is 17.9. The van der Waals surface area contributed by atoms with Crippen molar-refractivity contribution in [3.63, 3.8) is 0 Å². The number of hydrogen-bond acceptors (Lipinski definition) is 4. The van der Waals surface area contributed by atoms with Crippen LogP contribution in [0.5, 0.6) is 5.75 Å². The van der Waals surface area contributed by atoms with E-state index in [1.165, 1.54) is 30.7 Å². The van der Waals surface area contributed by atoms with Gasteiger partial charge in [-0.3, -0.25) is 9.69 Å². The van der Waals surface area contributed by atoms with Crippen LogP contribution >= 0.6 is 0 Å². The number of hydrogen-bond donors (Lipinski definition) is 3. The van der Waals surface area contributed by atoms with E-state index >= 15 is 0 Å². The van der Waals surface area contributed by atoms with Crippen molar-refractivity contribution in [2.75, 3.05) is 13.1 Å². The third kappa shape index (κ3) is 3.58. The molecule has 0 spiro atoms. The van der Waals surface area contributed by atoms with Gasteiger partial charge in [-0.25, -0.2) is 9.18 Å². The first kappa shape index (κ1) is 21.0. The molecule has 0 saturated carbocycles. The van der Waals surface area contributed by atoms with Crippen molar-refractivity contribution in [2.24, 2.45) is 7.05 Å². The average molecular weight is 447 g/mol. The zero-order chi connectivity index (χ0) is 23.3. The van der Waals surface area contributed by atoms with E-state index < -0.39 is 28.7 Å². The molecule has 3 N–H and O–H groups in total. The van der Waals surface area contributed by atoms with Gasteiger partial charge >= 0.3 is 5.97 Å². The van der Waals surface area contributed by atoms with Gasteiger partial charge in [-0.1, -0.05) is 18.2 Å². The van der Waals surface area contributed by atoms with Gasteiger partial charge in [0.25, 0.3) is 5.56 Å². The van der Waals surface area contributed by atoms with E-state index in [-0.39, 0.29) is 11.3 Å². The summed E-state index contributed by atoms with van der Waals surface area (Å²) < 4.78 is 15.6. The highest BCUT2D eigenvalue weighted by atomic mass is 19.1. The van der Waals surface area contributed by atoms with Crippen molar-refractivity contribution >= 4 is 16.9 Å². The van der Waals surface area contributed by atoms with Gasteiger partial charge in [-0.2, -0.15) is 0 Å². The fourth-order valence-corrected chi connectivity index (χ4v) is 4.38. The van der Waals surface area contributed by atoms with Gasteiger partial charge in [0.1, 0.15) is 11.6 Å². The molecule has 4 aromatic rings. The number of nitrogens with zero attached hydrogens (tertiary/aromatic N) is 2. The molecule has 1 aliphatic rings. The highest BCUT2D eigenvalue weighted by Gasteiger charge is 2.24. The number of likely N-dealkylation sites (tertiary alicyclic amines) is 1. The van der Waals surface area contributed by atoms with E-state index in [1.54, 1.807) is 0 Å². The molecule has 7 nitrogen and oxygen atoms in total. The highest BCUT2D eigenvalue weighted by Crippen LogP contribution is 2.39. The summed E-state index contributed by atoms with van der Waals surface area (Å²) in [6, 6.07) is 13.0. The molecule has 0 bridgehead atoms. The zero-order valence-electron chi connectivity index (χ0n) is 17.9. The maximum Gasteiger partial charge on any atom is 0.345 e. The number of rotatable bonds is 5. The number of fused-ring (bicyclic) bond motifs is 1. The Balaban J connectivity index is 1.70. The first-order valence-corrected chi connectivity index (χ1v) is 10.6. The first-order chi connectivity index (χ1) is 15.8. The highest BCUT2D eigenvalue weighted by molar-refractivity contribution is 5.98. The van der Waals surface area contributed by atoms with Crippen LogP contribution in [0.3, 0.4) is 0 Å². The van der Waals surface area contributed by atoms with E-state index in [2.05, 4.69) is 20.5 Å². The normalized spacial score (nSPS) is 13.9. The lowest BCUT2D eigenvalue weighted by molar-refractivity contribution is 0.0692. The Bertz CT molecular complexity index is 1450. The van der Waals surface area contributed by atoms with Crippen LogP contribution in [0.2, 0.25) is 0 Å². The molecule has 0 atom stereocenters. The Kier molecular flexibility index (Phi) is 5.02. The SMILES string of the molecule is Cn1c(CN2CCC2)cc2cc(-c3[nH]c(=O)c(C(=O)O)c(O)c3-c3ccc(F)cc3)ccc21. The summed E-state index contributed by atoms with van der Waals surface area (Å²) in [5.74, 6) is -2.67. The van der Waals surface area contributed by atoms with Gasteiger partial charge in [0, 0.05) is 35.8 Å². The van der Waals surface area contributed by atoms with Crippen LogP contribution in [0.4, 0.5) is 4.39 Å². The molecule has 2 aromatic heterocycles. The number of aromatic hydroxyl groups is 1. The fraction of sp³-hybridized carbons (Fsp3) is 0.200. The van der Waals surface area contributed by atoms with Gasteiger partial charge in [0.2, 0.25) is 0 Å². The van der Waals surface area contributed by atoms with Crippen molar-refractivity contribution in [1.29, 1.82) is 0 Å². The number of aryl methyl sites for hydroxylation is 1. The molecule has 3 heterocycles. The minimum atomic E-state index is -1.54. The molecule has 33 heavy (non-hydrogen) atoms. The second kappa shape index (κ2) is 7.90. The van der Waals surface area contributed by atoms with Gasteiger partial charge in [-0.15, -0.1) is 0 Å².